The van der Waals surface area contributed by atoms with Gasteiger partial charge >= 0.3 is 6.03 Å². The molecule has 0 fully saturated rings. The van der Waals surface area contributed by atoms with Crippen LogP contribution in [-0.2, 0) is 24.2 Å². The molecule has 6 heteroatoms. The predicted molar refractivity (Wildman–Crippen MR) is 101 cm³/mol. The van der Waals surface area contributed by atoms with E-state index in [1.54, 1.807) is 9.80 Å². The van der Waals surface area contributed by atoms with E-state index in [2.05, 4.69) is 5.32 Å². The number of rotatable bonds is 2. The first-order valence-corrected chi connectivity index (χ1v) is 9.18. The Bertz CT molecular complexity index is 868. The molecule has 0 aliphatic carbocycles. The van der Waals surface area contributed by atoms with Crippen molar-refractivity contribution in [3.63, 3.8) is 0 Å². The number of urea groups is 1. The second-order valence-electron chi connectivity index (χ2n) is 6.67. The van der Waals surface area contributed by atoms with Crippen molar-refractivity contribution in [2.24, 2.45) is 0 Å². The third-order valence-electron chi connectivity index (χ3n) is 5.05. The fourth-order valence-electron chi connectivity index (χ4n) is 3.65. The number of carbonyl (C=O) groups excluding carboxylic acids is 2. The monoisotopic (exact) mass is 369 g/mol. The number of halogens is 1. The van der Waals surface area contributed by atoms with Crippen molar-refractivity contribution in [1.29, 1.82) is 0 Å². The van der Waals surface area contributed by atoms with E-state index in [0.29, 0.717) is 19.6 Å². The van der Waals surface area contributed by atoms with Crippen molar-refractivity contribution < 1.29 is 9.59 Å². The van der Waals surface area contributed by atoms with E-state index in [-0.39, 0.29) is 18.5 Å². The average molecular weight is 370 g/mol. The van der Waals surface area contributed by atoms with E-state index in [1.807, 2.05) is 42.5 Å². The third-order valence-corrected chi connectivity index (χ3v) is 5.28. The van der Waals surface area contributed by atoms with Crippen LogP contribution in [-0.4, -0.2) is 36.5 Å². The number of para-hydroxylation sites is 1. The van der Waals surface area contributed by atoms with E-state index in [0.717, 1.165) is 29.1 Å². The van der Waals surface area contributed by atoms with Crippen molar-refractivity contribution >= 4 is 29.2 Å². The molecular weight excluding hydrogens is 350 g/mol. The molecule has 3 amide bonds. The van der Waals surface area contributed by atoms with Gasteiger partial charge in [-0.05, 0) is 47.7 Å². The molecule has 0 bridgehead atoms. The zero-order valence-electron chi connectivity index (χ0n) is 14.4. The molecule has 2 aliphatic rings. The van der Waals surface area contributed by atoms with Gasteiger partial charge in [-0.25, -0.2) is 4.79 Å². The Labute approximate surface area is 157 Å². The fraction of sp³-hybridized carbons (Fsp3) is 0.300. The van der Waals surface area contributed by atoms with E-state index >= 15 is 0 Å². The van der Waals surface area contributed by atoms with Gasteiger partial charge in [-0.3, -0.25) is 4.79 Å². The number of amides is 3. The molecule has 0 spiro atoms. The molecule has 134 valence electrons. The summed E-state index contributed by atoms with van der Waals surface area (Å²) in [6.45, 7) is 1.85. The molecule has 5 nitrogen and oxygen atoms in total. The number of nitrogens with one attached hydrogen (secondary N) is 1. The number of nitrogens with zero attached hydrogens (tertiary/aromatic N) is 2. The molecular formula is C20H20ClN3O2. The largest absolute Gasteiger partial charge is 0.329 e. The van der Waals surface area contributed by atoms with E-state index in [1.165, 1.54) is 11.1 Å². The zero-order chi connectivity index (χ0) is 18.1. The van der Waals surface area contributed by atoms with Gasteiger partial charge in [-0.15, -0.1) is 0 Å². The number of hydrogen-bond acceptors (Lipinski definition) is 2. The van der Waals surface area contributed by atoms with Crippen LogP contribution in [0.15, 0.2) is 42.5 Å². The molecule has 2 aromatic rings. The summed E-state index contributed by atoms with van der Waals surface area (Å²) in [6.07, 6.45) is 1.64. The lowest BCUT2D eigenvalue weighted by Gasteiger charge is -2.29. The van der Waals surface area contributed by atoms with Crippen LogP contribution < -0.4 is 10.2 Å². The third kappa shape index (κ3) is 3.27. The van der Waals surface area contributed by atoms with E-state index in [9.17, 15) is 9.59 Å². The smallest absolute Gasteiger partial charge is 0.318 e. The first-order chi connectivity index (χ1) is 12.6. The van der Waals surface area contributed by atoms with Gasteiger partial charge in [-0.2, -0.15) is 0 Å². The Morgan fingerprint density at radius 2 is 1.81 bits per heavy atom. The molecule has 26 heavy (non-hydrogen) atoms. The summed E-state index contributed by atoms with van der Waals surface area (Å²) in [5.74, 6) is -0.0764. The maximum Gasteiger partial charge on any atom is 0.318 e. The van der Waals surface area contributed by atoms with Gasteiger partial charge in [-0.1, -0.05) is 35.9 Å². The Balaban J connectivity index is 1.35. The Hall–Kier alpha value is -2.53. The summed E-state index contributed by atoms with van der Waals surface area (Å²) < 4.78 is 0. The van der Waals surface area contributed by atoms with Gasteiger partial charge in [0.2, 0.25) is 5.91 Å². The number of carbonyl (C=O) groups is 2. The topological polar surface area (TPSA) is 52.7 Å². The zero-order valence-corrected chi connectivity index (χ0v) is 15.1. The maximum atomic E-state index is 12.5. The molecule has 0 aromatic heterocycles. The SMILES string of the molecule is O=C(NCC(=O)N1CCc2ccccc21)N1CCc2cc(Cl)ccc2C1. The standard InChI is InChI=1S/C20H20ClN3O2/c21-17-6-5-16-13-23(9-7-15(16)11-17)20(26)22-12-19(25)24-10-8-14-3-1-2-4-18(14)24/h1-6,11H,7-10,12-13H2,(H,22,26). The quantitative estimate of drug-likeness (QED) is 0.884. The van der Waals surface area contributed by atoms with Gasteiger partial charge < -0.3 is 15.1 Å². The molecule has 0 atom stereocenters. The number of hydrogen-bond donors (Lipinski definition) is 1. The van der Waals surface area contributed by atoms with Gasteiger partial charge in [0, 0.05) is 30.3 Å². The predicted octanol–water partition coefficient (Wildman–Crippen LogP) is 3.00. The maximum absolute atomic E-state index is 12.5. The summed E-state index contributed by atoms with van der Waals surface area (Å²) in [6, 6.07) is 13.5. The van der Waals surface area contributed by atoms with Crippen LogP contribution in [0, 0.1) is 0 Å². The van der Waals surface area contributed by atoms with Gasteiger partial charge in [0.1, 0.15) is 0 Å². The lowest BCUT2D eigenvalue weighted by molar-refractivity contribution is -0.117. The second kappa shape index (κ2) is 7.00. The summed E-state index contributed by atoms with van der Waals surface area (Å²) in [5.41, 5.74) is 4.43. The van der Waals surface area contributed by atoms with Gasteiger partial charge in [0.15, 0.2) is 0 Å². The van der Waals surface area contributed by atoms with Gasteiger partial charge in [0.25, 0.3) is 0 Å². The van der Waals surface area contributed by atoms with E-state index in [4.69, 9.17) is 11.6 Å². The molecule has 2 aliphatic heterocycles. The van der Waals surface area contributed by atoms with Crippen LogP contribution >= 0.6 is 11.6 Å². The van der Waals surface area contributed by atoms with Crippen LogP contribution in [0.4, 0.5) is 10.5 Å². The fourth-order valence-corrected chi connectivity index (χ4v) is 3.85. The molecule has 0 radical (unpaired) electrons. The summed E-state index contributed by atoms with van der Waals surface area (Å²) in [7, 11) is 0. The minimum absolute atomic E-state index is 0.0111. The van der Waals surface area contributed by atoms with Crippen LogP contribution in [0.5, 0.6) is 0 Å². The molecule has 4 rings (SSSR count). The van der Waals surface area contributed by atoms with Crippen molar-refractivity contribution in [2.45, 2.75) is 19.4 Å². The highest BCUT2D eigenvalue weighted by Crippen LogP contribution is 2.27. The first kappa shape index (κ1) is 16.9. The molecule has 0 saturated heterocycles. The van der Waals surface area contributed by atoms with Crippen LogP contribution in [0.25, 0.3) is 0 Å². The normalized spacial score (nSPS) is 15.4. The molecule has 2 heterocycles. The minimum atomic E-state index is -0.202. The van der Waals surface area contributed by atoms with Crippen molar-refractivity contribution in [3.8, 4) is 0 Å². The van der Waals surface area contributed by atoms with E-state index < -0.39 is 0 Å². The average Bonchev–Trinajstić information content (AvgIpc) is 3.09. The van der Waals surface area contributed by atoms with Crippen molar-refractivity contribution in [3.05, 3.63) is 64.2 Å². The highest BCUT2D eigenvalue weighted by atomic mass is 35.5. The summed E-state index contributed by atoms with van der Waals surface area (Å²) in [4.78, 5) is 28.5. The van der Waals surface area contributed by atoms with Gasteiger partial charge in [0.05, 0.1) is 6.54 Å². The summed E-state index contributed by atoms with van der Waals surface area (Å²) in [5, 5.41) is 3.49. The number of fused-ring (bicyclic) bond motifs is 2. The second-order valence-corrected chi connectivity index (χ2v) is 7.10. The highest BCUT2D eigenvalue weighted by Gasteiger charge is 2.26. The minimum Gasteiger partial charge on any atom is -0.329 e. The Morgan fingerprint density at radius 3 is 2.69 bits per heavy atom. The lowest BCUT2D eigenvalue weighted by atomic mass is 10.0. The molecule has 1 N–H and O–H groups in total. The van der Waals surface area contributed by atoms with Crippen LogP contribution in [0.2, 0.25) is 5.02 Å². The number of benzene rings is 2. The lowest BCUT2D eigenvalue weighted by Crippen LogP contribution is -2.46. The number of anilines is 1. The highest BCUT2D eigenvalue weighted by molar-refractivity contribution is 6.30. The Morgan fingerprint density at radius 1 is 1.00 bits per heavy atom. The summed E-state index contributed by atoms with van der Waals surface area (Å²) >= 11 is 6.02. The Kier molecular flexibility index (Phi) is 4.55. The van der Waals surface area contributed by atoms with Crippen LogP contribution in [0.3, 0.4) is 0 Å². The van der Waals surface area contributed by atoms with Crippen molar-refractivity contribution in [2.75, 3.05) is 24.5 Å². The molecule has 2 aromatic carbocycles. The molecule has 0 unspecified atom stereocenters. The first-order valence-electron chi connectivity index (χ1n) is 8.80. The van der Waals surface area contributed by atoms with Crippen molar-refractivity contribution in [1.82, 2.24) is 10.2 Å². The molecule has 0 saturated carbocycles. The van der Waals surface area contributed by atoms with Crippen LogP contribution in [0.1, 0.15) is 16.7 Å².